The van der Waals surface area contributed by atoms with Crippen LogP contribution in [-0.2, 0) is 4.74 Å². The van der Waals surface area contributed by atoms with Crippen molar-refractivity contribution in [2.24, 2.45) is 0 Å². The van der Waals surface area contributed by atoms with E-state index >= 15 is 0 Å². The number of anilines is 3. The average Bonchev–Trinajstić information content (AvgIpc) is 2.52. The smallest absolute Gasteiger partial charge is 0.247 e. The lowest BCUT2D eigenvalue weighted by atomic mass is 10.3. The fourth-order valence-electron chi connectivity index (χ4n) is 2.00. The molecule has 0 saturated carbocycles. The second-order valence-electron chi connectivity index (χ2n) is 4.46. The predicted molar refractivity (Wildman–Crippen MR) is 82.6 cm³/mol. The lowest BCUT2D eigenvalue weighted by Crippen LogP contribution is -2.37. The largest absolute Gasteiger partial charge is 0.378 e. The summed E-state index contributed by atoms with van der Waals surface area (Å²) < 4.78 is 5.31. The molecule has 1 saturated heterocycles. The molecule has 1 aromatic heterocycles. The SMILES string of the molecule is Clc1cccc(Cl)c1Nc1cnnc(N2CCOCC2)n1. The molecule has 6 nitrogen and oxygen atoms in total. The normalized spacial score (nSPS) is 15.0. The van der Waals surface area contributed by atoms with E-state index in [1.807, 2.05) is 4.90 Å². The number of nitrogens with one attached hydrogen (secondary N) is 1. The molecule has 1 aliphatic heterocycles. The van der Waals surface area contributed by atoms with Crippen LogP contribution < -0.4 is 10.2 Å². The summed E-state index contributed by atoms with van der Waals surface area (Å²) in [6, 6.07) is 5.30. The van der Waals surface area contributed by atoms with Crippen molar-refractivity contribution in [1.29, 1.82) is 0 Å². The molecule has 0 bridgehead atoms. The first-order chi connectivity index (χ1) is 10.2. The number of hydrogen-bond donors (Lipinski definition) is 1. The third-order valence-corrected chi connectivity index (χ3v) is 3.69. The minimum absolute atomic E-state index is 0.522. The maximum absolute atomic E-state index is 6.13. The van der Waals surface area contributed by atoms with E-state index in [9.17, 15) is 0 Å². The molecule has 1 aliphatic rings. The Bertz CT molecular complexity index is 613. The summed E-state index contributed by atoms with van der Waals surface area (Å²) in [6.07, 6.45) is 1.53. The second kappa shape index (κ2) is 6.43. The van der Waals surface area contributed by atoms with E-state index in [2.05, 4.69) is 20.5 Å². The Hall–Kier alpha value is -1.63. The average molecular weight is 326 g/mol. The molecule has 0 spiro atoms. The van der Waals surface area contributed by atoms with E-state index in [0.717, 1.165) is 13.1 Å². The molecule has 0 aliphatic carbocycles. The molecule has 1 fully saturated rings. The van der Waals surface area contributed by atoms with Gasteiger partial charge in [-0.25, -0.2) is 0 Å². The van der Waals surface area contributed by atoms with E-state index in [-0.39, 0.29) is 0 Å². The van der Waals surface area contributed by atoms with Gasteiger partial charge in [-0.05, 0) is 12.1 Å². The minimum atomic E-state index is 0.522. The van der Waals surface area contributed by atoms with Crippen molar-refractivity contribution in [3.05, 3.63) is 34.4 Å². The number of aromatic nitrogens is 3. The van der Waals surface area contributed by atoms with E-state index in [1.165, 1.54) is 6.20 Å². The van der Waals surface area contributed by atoms with Crippen LogP contribution in [0.15, 0.2) is 24.4 Å². The van der Waals surface area contributed by atoms with Gasteiger partial charge in [0.25, 0.3) is 0 Å². The predicted octanol–water partition coefficient (Wildman–Crippen LogP) is 2.76. The number of hydrogen-bond acceptors (Lipinski definition) is 6. The summed E-state index contributed by atoms with van der Waals surface area (Å²) in [5.74, 6) is 1.10. The fourth-order valence-corrected chi connectivity index (χ4v) is 2.49. The van der Waals surface area contributed by atoms with E-state index in [0.29, 0.717) is 40.7 Å². The molecule has 110 valence electrons. The van der Waals surface area contributed by atoms with Gasteiger partial charge in [-0.2, -0.15) is 10.1 Å². The van der Waals surface area contributed by atoms with Crippen LogP contribution in [0.4, 0.5) is 17.5 Å². The van der Waals surface area contributed by atoms with Crippen molar-refractivity contribution in [2.75, 3.05) is 36.5 Å². The fraction of sp³-hybridized carbons (Fsp3) is 0.308. The van der Waals surface area contributed by atoms with Crippen LogP contribution in [0.5, 0.6) is 0 Å². The molecular weight excluding hydrogens is 313 g/mol. The first-order valence-corrected chi connectivity index (χ1v) is 7.23. The highest BCUT2D eigenvalue weighted by Crippen LogP contribution is 2.32. The molecule has 0 unspecified atom stereocenters. The van der Waals surface area contributed by atoms with Crippen molar-refractivity contribution in [2.45, 2.75) is 0 Å². The Labute approximate surface area is 132 Å². The molecule has 2 heterocycles. The van der Waals surface area contributed by atoms with Crippen molar-refractivity contribution >= 4 is 40.7 Å². The summed E-state index contributed by atoms with van der Waals surface area (Å²) in [5, 5.41) is 12.2. The van der Waals surface area contributed by atoms with Crippen LogP contribution in [0, 0.1) is 0 Å². The molecule has 21 heavy (non-hydrogen) atoms. The number of para-hydroxylation sites is 1. The minimum Gasteiger partial charge on any atom is -0.378 e. The monoisotopic (exact) mass is 325 g/mol. The van der Waals surface area contributed by atoms with Gasteiger partial charge in [0, 0.05) is 13.1 Å². The zero-order chi connectivity index (χ0) is 14.7. The van der Waals surface area contributed by atoms with Crippen molar-refractivity contribution in [3.8, 4) is 0 Å². The quantitative estimate of drug-likeness (QED) is 0.936. The topological polar surface area (TPSA) is 63.2 Å². The molecule has 0 radical (unpaired) electrons. The maximum atomic E-state index is 6.13. The summed E-state index contributed by atoms with van der Waals surface area (Å²) in [4.78, 5) is 6.47. The van der Waals surface area contributed by atoms with E-state index < -0.39 is 0 Å². The molecule has 1 N–H and O–H groups in total. The van der Waals surface area contributed by atoms with Crippen LogP contribution >= 0.6 is 23.2 Å². The Morgan fingerprint density at radius 3 is 2.57 bits per heavy atom. The number of ether oxygens (including phenoxy) is 1. The third-order valence-electron chi connectivity index (χ3n) is 3.06. The van der Waals surface area contributed by atoms with Gasteiger partial charge < -0.3 is 15.0 Å². The summed E-state index contributed by atoms with van der Waals surface area (Å²) in [6.45, 7) is 2.82. The van der Waals surface area contributed by atoms with Crippen LogP contribution in [0.25, 0.3) is 0 Å². The highest BCUT2D eigenvalue weighted by molar-refractivity contribution is 6.39. The van der Waals surface area contributed by atoms with Crippen molar-refractivity contribution in [3.63, 3.8) is 0 Å². The second-order valence-corrected chi connectivity index (χ2v) is 5.28. The highest BCUT2D eigenvalue weighted by atomic mass is 35.5. The number of halogens is 2. The van der Waals surface area contributed by atoms with Gasteiger partial charge in [-0.3, -0.25) is 0 Å². The Morgan fingerprint density at radius 2 is 1.86 bits per heavy atom. The molecule has 0 atom stereocenters. The molecule has 1 aromatic carbocycles. The standard InChI is InChI=1S/C13H13Cl2N5O/c14-9-2-1-3-10(15)12(9)17-11-8-16-19-13(18-11)20-4-6-21-7-5-20/h1-3,8H,4-7H2,(H,17,18,19). The Kier molecular flexibility index (Phi) is 4.38. The van der Waals surface area contributed by atoms with Gasteiger partial charge >= 0.3 is 0 Å². The van der Waals surface area contributed by atoms with Crippen molar-refractivity contribution < 1.29 is 4.74 Å². The number of morpholine rings is 1. The lowest BCUT2D eigenvalue weighted by molar-refractivity contribution is 0.122. The molecule has 3 rings (SSSR count). The number of nitrogens with zero attached hydrogens (tertiary/aromatic N) is 4. The van der Waals surface area contributed by atoms with Gasteiger partial charge in [0.05, 0.1) is 35.1 Å². The maximum Gasteiger partial charge on any atom is 0.247 e. The summed E-state index contributed by atoms with van der Waals surface area (Å²) in [7, 11) is 0. The number of rotatable bonds is 3. The molecule has 0 amide bonds. The molecular formula is C13H13Cl2N5O. The van der Waals surface area contributed by atoms with Crippen LogP contribution in [0.2, 0.25) is 10.0 Å². The van der Waals surface area contributed by atoms with Gasteiger partial charge in [0.2, 0.25) is 5.95 Å². The number of benzene rings is 1. The van der Waals surface area contributed by atoms with Crippen LogP contribution in [0.1, 0.15) is 0 Å². The Balaban J connectivity index is 1.83. The van der Waals surface area contributed by atoms with Gasteiger partial charge in [-0.1, -0.05) is 29.3 Å². The van der Waals surface area contributed by atoms with Crippen LogP contribution in [-0.4, -0.2) is 41.5 Å². The van der Waals surface area contributed by atoms with Crippen LogP contribution in [0.3, 0.4) is 0 Å². The lowest BCUT2D eigenvalue weighted by Gasteiger charge is -2.26. The first-order valence-electron chi connectivity index (χ1n) is 6.47. The zero-order valence-electron chi connectivity index (χ0n) is 11.1. The summed E-state index contributed by atoms with van der Waals surface area (Å²) in [5.41, 5.74) is 0.606. The van der Waals surface area contributed by atoms with Gasteiger partial charge in [0.1, 0.15) is 0 Å². The zero-order valence-corrected chi connectivity index (χ0v) is 12.6. The highest BCUT2D eigenvalue weighted by Gasteiger charge is 2.15. The third kappa shape index (κ3) is 3.34. The van der Waals surface area contributed by atoms with E-state index in [4.69, 9.17) is 27.9 Å². The van der Waals surface area contributed by atoms with Gasteiger partial charge in [0.15, 0.2) is 5.82 Å². The Morgan fingerprint density at radius 1 is 1.14 bits per heavy atom. The summed E-state index contributed by atoms with van der Waals surface area (Å²) >= 11 is 12.3. The first kappa shape index (κ1) is 14.3. The molecule has 2 aromatic rings. The van der Waals surface area contributed by atoms with E-state index in [1.54, 1.807) is 18.2 Å². The van der Waals surface area contributed by atoms with Gasteiger partial charge in [-0.15, -0.1) is 5.10 Å². The van der Waals surface area contributed by atoms with Crippen molar-refractivity contribution in [1.82, 2.24) is 15.2 Å². The molecule has 8 heteroatoms.